The Morgan fingerprint density at radius 2 is 1.95 bits per heavy atom. The first-order chi connectivity index (χ1) is 10.1. The van der Waals surface area contributed by atoms with Gasteiger partial charge in [0.15, 0.2) is 0 Å². The Labute approximate surface area is 131 Å². The molecule has 0 bridgehead atoms. The van der Waals surface area contributed by atoms with Gasteiger partial charge in [0.05, 0.1) is 12.6 Å². The largest absolute Gasteiger partial charge is 0.508 e. The minimum Gasteiger partial charge on any atom is -0.508 e. The van der Waals surface area contributed by atoms with E-state index in [2.05, 4.69) is 0 Å². The van der Waals surface area contributed by atoms with Crippen LogP contribution >= 0.6 is 0 Å². The molecule has 0 saturated carbocycles. The van der Waals surface area contributed by atoms with Crippen molar-refractivity contribution in [2.45, 2.75) is 58.4 Å². The Morgan fingerprint density at radius 3 is 2.50 bits per heavy atom. The molecule has 1 atom stereocenters. The molecule has 1 aromatic carbocycles. The molecular weight excluding hydrogens is 282 g/mol. The maximum atomic E-state index is 12.5. The van der Waals surface area contributed by atoms with Crippen LogP contribution in [0.3, 0.4) is 0 Å². The minimum absolute atomic E-state index is 0.0885. The van der Waals surface area contributed by atoms with E-state index < -0.39 is 11.3 Å². The van der Waals surface area contributed by atoms with E-state index in [1.165, 1.54) is 0 Å². The third-order valence-electron chi connectivity index (χ3n) is 3.57. The zero-order chi connectivity index (χ0) is 16.5. The van der Waals surface area contributed by atoms with Crippen molar-refractivity contribution in [2.24, 2.45) is 0 Å². The molecule has 1 aromatic rings. The van der Waals surface area contributed by atoms with Crippen LogP contribution in [0.25, 0.3) is 0 Å². The van der Waals surface area contributed by atoms with Crippen molar-refractivity contribution in [1.29, 1.82) is 0 Å². The predicted octanol–water partition coefficient (Wildman–Crippen LogP) is 3.31. The second-order valence-electron chi connectivity index (χ2n) is 7.13. The van der Waals surface area contributed by atoms with Gasteiger partial charge >= 0.3 is 6.09 Å². The molecule has 122 valence electrons. The van der Waals surface area contributed by atoms with E-state index in [0.29, 0.717) is 13.0 Å². The third kappa shape index (κ3) is 3.91. The number of nitrogens with zero attached hydrogens (tertiary/aromatic N) is 1. The van der Waals surface area contributed by atoms with Gasteiger partial charge in [-0.3, -0.25) is 4.90 Å². The highest BCUT2D eigenvalue weighted by atomic mass is 16.6. The molecule has 1 aliphatic heterocycles. The predicted molar refractivity (Wildman–Crippen MR) is 83.7 cm³/mol. The number of phenolic OH excluding ortho intramolecular Hbond substituents is 1. The van der Waals surface area contributed by atoms with Crippen LogP contribution in [0.2, 0.25) is 0 Å². The summed E-state index contributed by atoms with van der Waals surface area (Å²) in [6.07, 6.45) is 0.293. The van der Waals surface area contributed by atoms with Gasteiger partial charge in [-0.1, -0.05) is 12.1 Å². The zero-order valence-electron chi connectivity index (χ0n) is 13.9. The second kappa shape index (κ2) is 5.80. The zero-order valence-corrected chi connectivity index (χ0v) is 13.9. The van der Waals surface area contributed by atoms with Crippen LogP contribution in [0.4, 0.5) is 4.79 Å². The molecular formula is C17H25NO4. The summed E-state index contributed by atoms with van der Waals surface area (Å²) in [4.78, 5) is 14.2. The van der Waals surface area contributed by atoms with Gasteiger partial charge in [-0.2, -0.15) is 0 Å². The Kier molecular flexibility index (Phi) is 4.38. The monoisotopic (exact) mass is 307 g/mol. The number of hydrogen-bond acceptors (Lipinski definition) is 4. The molecule has 5 nitrogen and oxygen atoms in total. The molecule has 0 spiro atoms. The Hall–Kier alpha value is -1.75. The number of hydrogen-bond donors (Lipinski definition) is 1. The number of carbonyl (C=O) groups excluding carboxylic acids is 1. The summed E-state index contributed by atoms with van der Waals surface area (Å²) in [5.74, 6) is 0.232. The van der Waals surface area contributed by atoms with Crippen molar-refractivity contribution in [3.63, 3.8) is 0 Å². The summed E-state index contributed by atoms with van der Waals surface area (Å²) >= 11 is 0. The number of amides is 1. The van der Waals surface area contributed by atoms with Crippen molar-refractivity contribution < 1.29 is 19.4 Å². The fourth-order valence-electron chi connectivity index (χ4n) is 2.62. The van der Waals surface area contributed by atoms with Crippen molar-refractivity contribution in [2.75, 3.05) is 6.61 Å². The fourth-order valence-corrected chi connectivity index (χ4v) is 2.62. The number of rotatable bonds is 2. The molecule has 22 heavy (non-hydrogen) atoms. The van der Waals surface area contributed by atoms with Crippen LogP contribution in [-0.4, -0.2) is 40.1 Å². The van der Waals surface area contributed by atoms with Crippen molar-refractivity contribution in [3.05, 3.63) is 29.8 Å². The van der Waals surface area contributed by atoms with Crippen LogP contribution in [0.5, 0.6) is 5.75 Å². The molecule has 2 rings (SSSR count). The molecule has 0 aliphatic carbocycles. The second-order valence-corrected chi connectivity index (χ2v) is 7.13. The SMILES string of the molecule is CC(C)(C)OC(=O)N1C(Cc2ccc(O)cc2)COC1(C)C. The molecule has 1 amide bonds. The number of aromatic hydroxyl groups is 1. The van der Waals surface area contributed by atoms with E-state index in [-0.39, 0.29) is 17.9 Å². The Bertz CT molecular complexity index is 531. The maximum absolute atomic E-state index is 12.5. The lowest BCUT2D eigenvalue weighted by Gasteiger charge is -2.35. The molecule has 1 aliphatic rings. The molecule has 1 N–H and O–H groups in total. The van der Waals surface area contributed by atoms with Gasteiger partial charge in [0.1, 0.15) is 17.1 Å². The highest BCUT2D eigenvalue weighted by Gasteiger charge is 2.45. The minimum atomic E-state index is -0.691. The average Bonchev–Trinajstić information content (AvgIpc) is 2.65. The van der Waals surface area contributed by atoms with E-state index in [1.807, 2.05) is 46.8 Å². The quantitative estimate of drug-likeness (QED) is 0.910. The summed E-state index contributed by atoms with van der Waals surface area (Å²) in [7, 11) is 0. The molecule has 5 heteroatoms. The van der Waals surface area contributed by atoms with Gasteiger partial charge in [0.25, 0.3) is 0 Å². The number of benzene rings is 1. The first-order valence-corrected chi connectivity index (χ1v) is 7.53. The van der Waals surface area contributed by atoms with Gasteiger partial charge in [0.2, 0.25) is 0 Å². The van der Waals surface area contributed by atoms with Crippen LogP contribution in [-0.2, 0) is 15.9 Å². The lowest BCUT2D eigenvalue weighted by Crippen LogP contribution is -2.50. The number of ether oxygens (including phenoxy) is 2. The van der Waals surface area contributed by atoms with Gasteiger partial charge in [-0.25, -0.2) is 4.79 Å². The normalized spacial score (nSPS) is 21.0. The third-order valence-corrected chi connectivity index (χ3v) is 3.57. The van der Waals surface area contributed by atoms with Crippen molar-refractivity contribution in [1.82, 2.24) is 4.90 Å². The smallest absolute Gasteiger partial charge is 0.412 e. The molecule has 1 saturated heterocycles. The van der Waals surface area contributed by atoms with E-state index >= 15 is 0 Å². The van der Waals surface area contributed by atoms with Crippen molar-refractivity contribution in [3.8, 4) is 5.75 Å². The first-order valence-electron chi connectivity index (χ1n) is 7.53. The van der Waals surface area contributed by atoms with Crippen molar-refractivity contribution >= 4 is 6.09 Å². The Balaban J connectivity index is 2.15. The summed E-state index contributed by atoms with van der Waals surface area (Å²) in [5, 5.41) is 9.36. The Morgan fingerprint density at radius 1 is 1.36 bits per heavy atom. The van der Waals surface area contributed by atoms with Gasteiger partial charge in [0, 0.05) is 0 Å². The topological polar surface area (TPSA) is 59.0 Å². The van der Waals surface area contributed by atoms with E-state index in [0.717, 1.165) is 5.56 Å². The van der Waals surface area contributed by atoms with E-state index in [9.17, 15) is 9.90 Å². The first kappa shape index (κ1) is 16.6. The van der Waals surface area contributed by atoms with E-state index in [1.54, 1.807) is 17.0 Å². The summed E-state index contributed by atoms with van der Waals surface area (Å²) < 4.78 is 11.3. The van der Waals surface area contributed by atoms with Gasteiger partial charge < -0.3 is 14.6 Å². The molecule has 1 unspecified atom stereocenters. The van der Waals surface area contributed by atoms with E-state index in [4.69, 9.17) is 9.47 Å². The lowest BCUT2D eigenvalue weighted by atomic mass is 10.0. The van der Waals surface area contributed by atoms with Crippen LogP contribution in [0, 0.1) is 0 Å². The highest BCUT2D eigenvalue weighted by Crippen LogP contribution is 2.31. The van der Waals surface area contributed by atoms with Gasteiger partial charge in [-0.15, -0.1) is 0 Å². The molecule has 1 heterocycles. The fraction of sp³-hybridized carbons (Fsp3) is 0.588. The molecule has 1 fully saturated rings. The molecule has 0 radical (unpaired) electrons. The number of phenols is 1. The summed E-state index contributed by atoms with van der Waals surface area (Å²) in [5.41, 5.74) is -0.194. The average molecular weight is 307 g/mol. The number of carbonyl (C=O) groups is 1. The summed E-state index contributed by atoms with van der Waals surface area (Å²) in [6.45, 7) is 9.76. The highest BCUT2D eigenvalue weighted by molar-refractivity contribution is 5.69. The van der Waals surface area contributed by atoms with Gasteiger partial charge in [-0.05, 0) is 58.7 Å². The van der Waals surface area contributed by atoms with Crippen LogP contribution < -0.4 is 0 Å². The van der Waals surface area contributed by atoms with Crippen LogP contribution in [0.1, 0.15) is 40.2 Å². The standard InChI is InChI=1S/C17H25NO4/c1-16(2,3)22-15(20)18-13(11-21-17(18,4)5)10-12-6-8-14(19)9-7-12/h6-9,13,19H,10-11H2,1-5H3. The van der Waals surface area contributed by atoms with Crippen LogP contribution in [0.15, 0.2) is 24.3 Å². The maximum Gasteiger partial charge on any atom is 0.412 e. The summed E-state index contributed by atoms with van der Waals surface area (Å²) in [6, 6.07) is 6.92. The molecule has 0 aromatic heterocycles. The lowest BCUT2D eigenvalue weighted by molar-refractivity contribution is -0.0624.